The fourth-order valence-corrected chi connectivity index (χ4v) is 5.18. The highest BCUT2D eigenvalue weighted by atomic mass is 32.2. The van der Waals surface area contributed by atoms with Crippen molar-refractivity contribution in [3.8, 4) is 11.4 Å². The molecule has 180 valence electrons. The van der Waals surface area contributed by atoms with Gasteiger partial charge in [0.15, 0.2) is 5.82 Å². The number of fused-ring (bicyclic) bond motifs is 2. The summed E-state index contributed by atoms with van der Waals surface area (Å²) in [5, 5.41) is 11.7. The fourth-order valence-electron chi connectivity index (χ4n) is 4.72. The first-order valence-corrected chi connectivity index (χ1v) is 13.3. The smallest absolute Gasteiger partial charge is 0.262 e. The molecule has 35 heavy (non-hydrogen) atoms. The molecular weight excluding hydrogens is 462 g/mol. The number of imide groups is 1. The molecule has 8 nitrogen and oxygen atoms in total. The lowest BCUT2D eigenvalue weighted by molar-refractivity contribution is -0.120. The molecule has 0 spiro atoms. The molecule has 2 aromatic carbocycles. The normalized spacial score (nSPS) is 16.0. The van der Waals surface area contributed by atoms with Gasteiger partial charge >= 0.3 is 0 Å². The van der Waals surface area contributed by atoms with Crippen molar-refractivity contribution in [2.75, 3.05) is 17.3 Å². The molecule has 9 heteroatoms. The molecule has 2 aliphatic heterocycles. The number of amides is 3. The Labute approximate surface area is 208 Å². The molecule has 0 radical (unpaired) electrons. The lowest BCUT2D eigenvalue weighted by atomic mass is 10.1. The monoisotopic (exact) mass is 489 g/mol. The zero-order chi connectivity index (χ0) is 24.4. The molecule has 2 aliphatic rings. The minimum Gasteiger partial charge on any atom is -0.324 e. The van der Waals surface area contributed by atoms with Crippen LogP contribution < -0.4 is 5.32 Å². The summed E-state index contributed by atoms with van der Waals surface area (Å²) in [6.45, 7) is 0.910. The molecule has 3 heterocycles. The number of carbonyl (C=O) groups excluding carboxylic acids is 3. The maximum Gasteiger partial charge on any atom is 0.262 e. The van der Waals surface area contributed by atoms with Crippen LogP contribution in [0.15, 0.2) is 48.5 Å². The molecule has 3 amide bonds. The van der Waals surface area contributed by atoms with Gasteiger partial charge in [-0.1, -0.05) is 18.6 Å². The van der Waals surface area contributed by atoms with Crippen molar-refractivity contribution in [1.82, 2.24) is 19.7 Å². The third-order valence-electron chi connectivity index (χ3n) is 6.56. The van der Waals surface area contributed by atoms with Crippen LogP contribution >= 0.6 is 11.8 Å². The Balaban J connectivity index is 1.34. The zero-order valence-corrected chi connectivity index (χ0v) is 20.4. The molecule has 0 saturated carbocycles. The number of rotatable bonds is 7. The van der Waals surface area contributed by atoms with Crippen molar-refractivity contribution in [3.63, 3.8) is 0 Å². The van der Waals surface area contributed by atoms with Crippen molar-refractivity contribution in [1.29, 1.82) is 0 Å². The van der Waals surface area contributed by atoms with Crippen molar-refractivity contribution in [2.45, 2.75) is 44.7 Å². The standard InChI is InChI=1S/C26H27N5O3S/c1-35-16-14-21(31-25(33)19-7-4-5-8-20(19)26(31)34)24(32)27-18-12-10-17(11-13-18)23-29-28-22-9-3-2-6-15-30(22)23/h4-5,7-8,10-13,21H,2-3,6,9,14-16H2,1H3,(H,27,32). The van der Waals surface area contributed by atoms with Crippen LogP contribution in [0.2, 0.25) is 0 Å². The minimum absolute atomic E-state index is 0.344. The van der Waals surface area contributed by atoms with E-state index in [2.05, 4.69) is 20.1 Å². The van der Waals surface area contributed by atoms with Crippen molar-refractivity contribution in [2.24, 2.45) is 0 Å². The van der Waals surface area contributed by atoms with Crippen LogP contribution in [0.25, 0.3) is 11.4 Å². The van der Waals surface area contributed by atoms with E-state index in [1.807, 2.05) is 30.5 Å². The number of aromatic nitrogens is 3. The quantitative estimate of drug-likeness (QED) is 0.504. The molecule has 0 aliphatic carbocycles. The lowest BCUT2D eigenvalue weighted by Crippen LogP contribution is -2.47. The van der Waals surface area contributed by atoms with E-state index in [1.165, 1.54) is 6.42 Å². The summed E-state index contributed by atoms with van der Waals surface area (Å²) in [5.41, 5.74) is 2.22. The molecule has 0 saturated heterocycles. The fraction of sp³-hybridized carbons (Fsp3) is 0.346. The number of carbonyl (C=O) groups is 3. The number of nitrogens with one attached hydrogen (secondary N) is 1. The Morgan fingerprint density at radius 3 is 2.40 bits per heavy atom. The zero-order valence-electron chi connectivity index (χ0n) is 19.6. The van der Waals surface area contributed by atoms with Gasteiger partial charge in [-0.2, -0.15) is 11.8 Å². The third kappa shape index (κ3) is 4.48. The first-order valence-electron chi connectivity index (χ1n) is 11.9. The van der Waals surface area contributed by atoms with E-state index in [0.29, 0.717) is 29.0 Å². The van der Waals surface area contributed by atoms with E-state index in [9.17, 15) is 14.4 Å². The summed E-state index contributed by atoms with van der Waals surface area (Å²) in [5.74, 6) is 1.28. The second-order valence-electron chi connectivity index (χ2n) is 8.79. The predicted molar refractivity (Wildman–Crippen MR) is 135 cm³/mol. The third-order valence-corrected chi connectivity index (χ3v) is 7.20. The molecule has 3 aromatic rings. The van der Waals surface area contributed by atoms with Gasteiger partial charge in [0.05, 0.1) is 11.1 Å². The maximum absolute atomic E-state index is 13.3. The lowest BCUT2D eigenvalue weighted by Gasteiger charge is -2.25. The maximum atomic E-state index is 13.3. The van der Waals surface area contributed by atoms with E-state index in [1.54, 1.807) is 36.0 Å². The minimum atomic E-state index is -0.887. The number of anilines is 1. The van der Waals surface area contributed by atoms with Crippen LogP contribution in [0, 0.1) is 0 Å². The Bertz CT molecular complexity index is 1240. The van der Waals surface area contributed by atoms with Crippen molar-refractivity contribution in [3.05, 3.63) is 65.5 Å². The van der Waals surface area contributed by atoms with Gasteiger partial charge in [-0.15, -0.1) is 10.2 Å². The molecule has 5 rings (SSSR count). The van der Waals surface area contributed by atoms with Gasteiger partial charge in [-0.25, -0.2) is 0 Å². The Morgan fingerprint density at radius 2 is 1.71 bits per heavy atom. The number of nitrogens with zero attached hydrogens (tertiary/aromatic N) is 4. The summed E-state index contributed by atoms with van der Waals surface area (Å²) >= 11 is 1.57. The van der Waals surface area contributed by atoms with Crippen LogP contribution in [0.4, 0.5) is 5.69 Å². The highest BCUT2D eigenvalue weighted by Gasteiger charge is 2.42. The van der Waals surface area contributed by atoms with Gasteiger partial charge in [-0.05, 0) is 67.7 Å². The van der Waals surface area contributed by atoms with E-state index in [4.69, 9.17) is 0 Å². The van der Waals surface area contributed by atoms with Crippen molar-refractivity contribution < 1.29 is 14.4 Å². The highest BCUT2D eigenvalue weighted by molar-refractivity contribution is 7.98. The Hall–Kier alpha value is -3.46. The molecule has 1 aromatic heterocycles. The molecule has 1 atom stereocenters. The second-order valence-corrected chi connectivity index (χ2v) is 9.78. The first-order chi connectivity index (χ1) is 17.1. The second kappa shape index (κ2) is 10.0. The van der Waals surface area contributed by atoms with Gasteiger partial charge < -0.3 is 9.88 Å². The molecule has 0 fully saturated rings. The van der Waals surface area contributed by atoms with Crippen LogP contribution in [0.1, 0.15) is 52.2 Å². The predicted octanol–water partition coefficient (Wildman–Crippen LogP) is 4.03. The number of thioether (sulfide) groups is 1. The molecule has 1 unspecified atom stereocenters. The van der Waals surface area contributed by atoms with Gasteiger partial charge in [0.1, 0.15) is 11.9 Å². The number of aryl methyl sites for hydroxylation is 1. The average molecular weight is 490 g/mol. The van der Waals surface area contributed by atoms with E-state index < -0.39 is 17.9 Å². The number of hydrogen-bond acceptors (Lipinski definition) is 6. The van der Waals surface area contributed by atoms with Gasteiger partial charge in [0, 0.05) is 24.2 Å². The van der Waals surface area contributed by atoms with E-state index in [0.717, 1.165) is 47.9 Å². The summed E-state index contributed by atoms with van der Waals surface area (Å²) in [6.07, 6.45) is 6.69. The van der Waals surface area contributed by atoms with Gasteiger partial charge in [0.25, 0.3) is 11.8 Å². The highest BCUT2D eigenvalue weighted by Crippen LogP contribution is 2.28. The Morgan fingerprint density at radius 1 is 1.00 bits per heavy atom. The topological polar surface area (TPSA) is 97.2 Å². The largest absolute Gasteiger partial charge is 0.324 e. The van der Waals surface area contributed by atoms with E-state index in [-0.39, 0.29) is 5.91 Å². The van der Waals surface area contributed by atoms with Crippen LogP contribution in [0.3, 0.4) is 0 Å². The van der Waals surface area contributed by atoms with E-state index >= 15 is 0 Å². The molecule has 0 bridgehead atoms. The van der Waals surface area contributed by atoms with Gasteiger partial charge in [-0.3, -0.25) is 19.3 Å². The summed E-state index contributed by atoms with van der Waals surface area (Å²) < 4.78 is 2.18. The Kier molecular flexibility index (Phi) is 6.68. The van der Waals surface area contributed by atoms with Crippen molar-refractivity contribution >= 4 is 35.2 Å². The molecular formula is C26H27N5O3S. The van der Waals surface area contributed by atoms with Crippen LogP contribution in [-0.4, -0.2) is 55.4 Å². The summed E-state index contributed by atoms with van der Waals surface area (Å²) in [7, 11) is 0. The van der Waals surface area contributed by atoms with Crippen LogP contribution in [0.5, 0.6) is 0 Å². The first kappa shape index (κ1) is 23.3. The SMILES string of the molecule is CSCCC(C(=O)Nc1ccc(-c2nnc3n2CCCCC3)cc1)N1C(=O)c2ccccc2C1=O. The average Bonchev–Trinajstić information content (AvgIpc) is 3.28. The number of benzene rings is 2. The molecule has 1 N–H and O–H groups in total. The number of hydrogen-bond donors (Lipinski definition) is 1. The summed E-state index contributed by atoms with van der Waals surface area (Å²) in [6, 6.07) is 13.3. The van der Waals surface area contributed by atoms with Gasteiger partial charge in [0.2, 0.25) is 5.91 Å². The van der Waals surface area contributed by atoms with Crippen LogP contribution in [-0.2, 0) is 17.8 Å². The summed E-state index contributed by atoms with van der Waals surface area (Å²) in [4.78, 5) is 40.4.